The van der Waals surface area contributed by atoms with E-state index in [-0.39, 0.29) is 0 Å². The number of rotatable bonds is 7. The van der Waals surface area contributed by atoms with Crippen LogP contribution in [-0.2, 0) is 6.54 Å². The zero-order chi connectivity index (χ0) is 14.2. The molecular formula is C17H21BrN2. The molecule has 1 aromatic carbocycles. The highest BCUT2D eigenvalue weighted by Crippen LogP contribution is 2.20. The number of alkyl halides is 1. The van der Waals surface area contributed by atoms with Gasteiger partial charge >= 0.3 is 0 Å². The van der Waals surface area contributed by atoms with E-state index in [2.05, 4.69) is 75.2 Å². The number of hydrogen-bond acceptors (Lipinski definition) is 2. The van der Waals surface area contributed by atoms with Crippen LogP contribution < -0.4 is 0 Å². The molecule has 0 fully saturated rings. The van der Waals surface area contributed by atoms with E-state index in [9.17, 15) is 0 Å². The second kappa shape index (κ2) is 8.18. The van der Waals surface area contributed by atoms with Crippen LogP contribution in [0.15, 0.2) is 54.7 Å². The lowest BCUT2D eigenvalue weighted by Gasteiger charge is -2.25. The molecule has 2 aromatic rings. The van der Waals surface area contributed by atoms with Gasteiger partial charge in [-0.1, -0.05) is 59.3 Å². The molecule has 0 aliphatic heterocycles. The standard InChI is InChI=1S/C17H21BrN2/c1-2-20(14-17-10-6-7-11-19-17)13-16(12-18)15-8-4-3-5-9-15/h3-11,16H,2,12-14H2,1H3. The Morgan fingerprint density at radius 3 is 2.45 bits per heavy atom. The lowest BCUT2D eigenvalue weighted by atomic mass is 10.0. The summed E-state index contributed by atoms with van der Waals surface area (Å²) in [4.78, 5) is 6.86. The quantitative estimate of drug-likeness (QED) is 0.710. The van der Waals surface area contributed by atoms with Gasteiger partial charge < -0.3 is 0 Å². The molecule has 0 aliphatic carbocycles. The first-order valence-electron chi connectivity index (χ1n) is 7.06. The predicted molar refractivity (Wildman–Crippen MR) is 88.2 cm³/mol. The average molecular weight is 333 g/mol. The van der Waals surface area contributed by atoms with Crippen molar-refractivity contribution in [2.45, 2.75) is 19.4 Å². The maximum absolute atomic E-state index is 4.42. The fourth-order valence-corrected chi connectivity index (χ4v) is 2.88. The molecule has 0 N–H and O–H groups in total. The van der Waals surface area contributed by atoms with Crippen LogP contribution in [-0.4, -0.2) is 28.3 Å². The minimum absolute atomic E-state index is 0.514. The molecule has 2 nitrogen and oxygen atoms in total. The Balaban J connectivity index is 2.01. The number of halogens is 1. The maximum atomic E-state index is 4.42. The first-order valence-corrected chi connectivity index (χ1v) is 8.18. The summed E-state index contributed by atoms with van der Waals surface area (Å²) in [6.45, 7) is 5.20. The Hall–Kier alpha value is -1.19. The molecule has 2 rings (SSSR count). The smallest absolute Gasteiger partial charge is 0.0543 e. The monoisotopic (exact) mass is 332 g/mol. The third-order valence-electron chi connectivity index (χ3n) is 3.49. The largest absolute Gasteiger partial charge is 0.297 e. The molecule has 0 aliphatic rings. The van der Waals surface area contributed by atoms with E-state index in [1.165, 1.54) is 5.56 Å². The van der Waals surface area contributed by atoms with Gasteiger partial charge in [0.15, 0.2) is 0 Å². The fraction of sp³-hybridized carbons (Fsp3) is 0.353. The highest BCUT2D eigenvalue weighted by molar-refractivity contribution is 9.09. The van der Waals surface area contributed by atoms with Gasteiger partial charge in [-0.3, -0.25) is 9.88 Å². The van der Waals surface area contributed by atoms with Crippen LogP contribution >= 0.6 is 15.9 Å². The van der Waals surface area contributed by atoms with E-state index in [1.54, 1.807) is 0 Å². The van der Waals surface area contributed by atoms with Crippen LogP contribution in [0, 0.1) is 0 Å². The molecule has 0 bridgehead atoms. The van der Waals surface area contributed by atoms with Gasteiger partial charge in [0.2, 0.25) is 0 Å². The molecule has 1 heterocycles. The number of aromatic nitrogens is 1. The molecule has 3 heteroatoms. The van der Waals surface area contributed by atoms with Gasteiger partial charge in [0.1, 0.15) is 0 Å². The minimum atomic E-state index is 0.514. The summed E-state index contributed by atoms with van der Waals surface area (Å²) in [6, 6.07) is 16.8. The van der Waals surface area contributed by atoms with Crippen LogP contribution in [0.1, 0.15) is 24.1 Å². The van der Waals surface area contributed by atoms with Crippen LogP contribution in [0.25, 0.3) is 0 Å². The summed E-state index contributed by atoms with van der Waals surface area (Å²) in [7, 11) is 0. The topological polar surface area (TPSA) is 16.1 Å². The van der Waals surface area contributed by atoms with Crippen molar-refractivity contribution in [1.29, 1.82) is 0 Å². The minimum Gasteiger partial charge on any atom is -0.297 e. The van der Waals surface area contributed by atoms with Gasteiger partial charge in [-0.25, -0.2) is 0 Å². The van der Waals surface area contributed by atoms with Crippen LogP contribution in [0.4, 0.5) is 0 Å². The van der Waals surface area contributed by atoms with E-state index >= 15 is 0 Å². The third-order valence-corrected chi connectivity index (χ3v) is 4.28. The van der Waals surface area contributed by atoms with Gasteiger partial charge in [-0.2, -0.15) is 0 Å². The van der Waals surface area contributed by atoms with E-state index in [0.29, 0.717) is 5.92 Å². The number of pyridine rings is 1. The van der Waals surface area contributed by atoms with Crippen molar-refractivity contribution >= 4 is 15.9 Å². The van der Waals surface area contributed by atoms with E-state index in [1.807, 2.05) is 12.3 Å². The van der Waals surface area contributed by atoms with E-state index < -0.39 is 0 Å². The molecule has 1 aromatic heterocycles. The molecule has 0 saturated heterocycles. The van der Waals surface area contributed by atoms with Gasteiger partial charge in [0.25, 0.3) is 0 Å². The Morgan fingerprint density at radius 1 is 1.10 bits per heavy atom. The Kier molecular flexibility index (Phi) is 6.22. The molecule has 0 saturated carbocycles. The lowest BCUT2D eigenvalue weighted by Crippen LogP contribution is -2.29. The normalized spacial score (nSPS) is 12.6. The first-order chi connectivity index (χ1) is 9.83. The molecule has 20 heavy (non-hydrogen) atoms. The van der Waals surface area contributed by atoms with Crippen LogP contribution in [0.2, 0.25) is 0 Å². The zero-order valence-corrected chi connectivity index (χ0v) is 13.5. The first kappa shape index (κ1) is 15.2. The Morgan fingerprint density at radius 2 is 1.85 bits per heavy atom. The van der Waals surface area contributed by atoms with Crippen molar-refractivity contribution in [1.82, 2.24) is 9.88 Å². The van der Waals surface area contributed by atoms with Crippen molar-refractivity contribution < 1.29 is 0 Å². The van der Waals surface area contributed by atoms with Gasteiger partial charge in [-0.15, -0.1) is 0 Å². The number of hydrogen-bond donors (Lipinski definition) is 0. The van der Waals surface area contributed by atoms with Crippen molar-refractivity contribution in [2.24, 2.45) is 0 Å². The average Bonchev–Trinajstić information content (AvgIpc) is 2.53. The van der Waals surface area contributed by atoms with Crippen molar-refractivity contribution in [3.8, 4) is 0 Å². The second-order valence-electron chi connectivity index (χ2n) is 4.91. The fourth-order valence-electron chi connectivity index (χ4n) is 2.31. The molecule has 106 valence electrons. The lowest BCUT2D eigenvalue weighted by molar-refractivity contribution is 0.264. The van der Waals surface area contributed by atoms with Crippen molar-refractivity contribution in [3.05, 3.63) is 66.0 Å². The highest BCUT2D eigenvalue weighted by atomic mass is 79.9. The molecule has 0 spiro atoms. The second-order valence-corrected chi connectivity index (χ2v) is 5.56. The highest BCUT2D eigenvalue weighted by Gasteiger charge is 2.14. The number of likely N-dealkylation sites (N-methyl/N-ethyl adjacent to an activating group) is 1. The van der Waals surface area contributed by atoms with Crippen molar-refractivity contribution in [2.75, 3.05) is 18.4 Å². The van der Waals surface area contributed by atoms with Crippen LogP contribution in [0.3, 0.4) is 0 Å². The number of nitrogens with zero attached hydrogens (tertiary/aromatic N) is 2. The maximum Gasteiger partial charge on any atom is 0.0543 e. The zero-order valence-electron chi connectivity index (χ0n) is 11.9. The summed E-state index contributed by atoms with van der Waals surface area (Å²) in [5, 5.41) is 0.982. The predicted octanol–water partition coefficient (Wildman–Crippen LogP) is 4.08. The summed E-state index contributed by atoms with van der Waals surface area (Å²) in [5.41, 5.74) is 2.53. The van der Waals surface area contributed by atoms with Crippen molar-refractivity contribution in [3.63, 3.8) is 0 Å². The molecule has 0 amide bonds. The van der Waals surface area contributed by atoms with Gasteiger partial charge in [0, 0.05) is 30.5 Å². The van der Waals surface area contributed by atoms with Crippen LogP contribution in [0.5, 0.6) is 0 Å². The summed E-state index contributed by atoms with van der Waals surface area (Å²) >= 11 is 3.65. The van der Waals surface area contributed by atoms with E-state index in [4.69, 9.17) is 0 Å². The summed E-state index contributed by atoms with van der Waals surface area (Å²) < 4.78 is 0. The molecular weight excluding hydrogens is 312 g/mol. The Bertz CT molecular complexity index is 487. The van der Waals surface area contributed by atoms with Gasteiger partial charge in [0.05, 0.1) is 5.69 Å². The summed E-state index contributed by atoms with van der Waals surface area (Å²) in [6.07, 6.45) is 1.86. The Labute approximate surface area is 130 Å². The van der Waals surface area contributed by atoms with Gasteiger partial charge in [-0.05, 0) is 24.2 Å². The number of benzene rings is 1. The molecule has 1 atom stereocenters. The molecule has 1 unspecified atom stereocenters. The SMILES string of the molecule is CCN(Cc1ccccn1)CC(CBr)c1ccccc1. The summed E-state index contributed by atoms with van der Waals surface area (Å²) in [5.74, 6) is 0.514. The molecule has 0 radical (unpaired) electrons. The van der Waals surface area contributed by atoms with E-state index in [0.717, 1.165) is 30.7 Å². The third kappa shape index (κ3) is 4.43.